The number of ether oxygens (including phenoxy) is 2. The molecular formula is C22H37Cl2N3O3. The summed E-state index contributed by atoms with van der Waals surface area (Å²) in [6.07, 6.45) is 4.81. The van der Waals surface area contributed by atoms with Crippen LogP contribution in [-0.4, -0.2) is 69.0 Å². The van der Waals surface area contributed by atoms with Crippen LogP contribution in [-0.2, 0) is 20.8 Å². The maximum Gasteiger partial charge on any atom is 0.252 e. The second kappa shape index (κ2) is 14.2. The number of nitrogens with one attached hydrogen (secondary N) is 2. The van der Waals surface area contributed by atoms with E-state index in [0.29, 0.717) is 19.3 Å². The van der Waals surface area contributed by atoms with Crippen LogP contribution in [0.25, 0.3) is 0 Å². The molecule has 0 atom stereocenters. The summed E-state index contributed by atoms with van der Waals surface area (Å²) in [7, 11) is 1.64. The molecule has 1 aromatic carbocycles. The van der Waals surface area contributed by atoms with Crippen molar-refractivity contribution < 1.29 is 14.3 Å². The van der Waals surface area contributed by atoms with Gasteiger partial charge in [0.1, 0.15) is 5.60 Å². The van der Waals surface area contributed by atoms with E-state index < -0.39 is 5.60 Å². The summed E-state index contributed by atoms with van der Waals surface area (Å²) in [5.41, 5.74) is 0.720. The van der Waals surface area contributed by atoms with Crippen LogP contribution in [0, 0.1) is 0 Å². The Morgan fingerprint density at radius 1 is 1.17 bits per heavy atom. The smallest absolute Gasteiger partial charge is 0.252 e. The molecule has 0 aliphatic carbocycles. The fourth-order valence-corrected chi connectivity index (χ4v) is 4.12. The number of likely N-dealkylation sites (tertiary alicyclic amines) is 1. The third kappa shape index (κ3) is 7.98. The molecule has 2 aliphatic heterocycles. The van der Waals surface area contributed by atoms with Crippen molar-refractivity contribution in [2.24, 2.45) is 0 Å². The van der Waals surface area contributed by atoms with Gasteiger partial charge in [-0.1, -0.05) is 30.3 Å². The van der Waals surface area contributed by atoms with E-state index in [1.54, 1.807) is 7.11 Å². The summed E-state index contributed by atoms with van der Waals surface area (Å²) >= 11 is 0. The summed E-state index contributed by atoms with van der Waals surface area (Å²) in [5.74, 6) is 0.0192. The molecule has 2 heterocycles. The van der Waals surface area contributed by atoms with Crippen LogP contribution in [0.15, 0.2) is 30.3 Å². The van der Waals surface area contributed by atoms with E-state index in [2.05, 4.69) is 45.9 Å². The highest BCUT2D eigenvalue weighted by molar-refractivity contribution is 5.86. The lowest BCUT2D eigenvalue weighted by Gasteiger charge is -2.34. The van der Waals surface area contributed by atoms with Crippen LogP contribution in [0.3, 0.4) is 0 Å². The quantitative estimate of drug-likeness (QED) is 0.553. The second-order valence-electron chi connectivity index (χ2n) is 7.89. The van der Waals surface area contributed by atoms with E-state index in [9.17, 15) is 4.79 Å². The summed E-state index contributed by atoms with van der Waals surface area (Å²) in [6, 6.07) is 10.6. The number of rotatable bonds is 9. The first-order valence-corrected chi connectivity index (χ1v) is 10.6. The van der Waals surface area contributed by atoms with Crippen LogP contribution in [0.4, 0.5) is 0 Å². The van der Waals surface area contributed by atoms with Gasteiger partial charge in [-0.05, 0) is 50.8 Å². The average molecular weight is 462 g/mol. The fraction of sp³-hybridized carbons (Fsp3) is 0.682. The zero-order chi connectivity index (χ0) is 19.7. The SMILES string of the molecule is COC1(C(=O)NCCCOC2CCN(Cc3ccccc3)CC2)CCNCC1.Cl.Cl. The topological polar surface area (TPSA) is 62.8 Å². The number of hydrogen-bond donors (Lipinski definition) is 2. The van der Waals surface area contributed by atoms with Gasteiger partial charge in [0, 0.05) is 39.9 Å². The number of carbonyl (C=O) groups excluding carboxylic acids is 1. The molecule has 2 aliphatic rings. The minimum atomic E-state index is -0.655. The van der Waals surface area contributed by atoms with Crippen molar-refractivity contribution in [1.29, 1.82) is 0 Å². The van der Waals surface area contributed by atoms with Crippen LogP contribution in [0.5, 0.6) is 0 Å². The molecule has 2 N–H and O–H groups in total. The molecule has 30 heavy (non-hydrogen) atoms. The Kier molecular flexibility index (Phi) is 12.9. The van der Waals surface area contributed by atoms with Crippen molar-refractivity contribution in [2.75, 3.05) is 46.4 Å². The molecule has 0 spiro atoms. The largest absolute Gasteiger partial charge is 0.378 e. The van der Waals surface area contributed by atoms with Gasteiger partial charge in [-0.3, -0.25) is 9.69 Å². The molecule has 8 heteroatoms. The van der Waals surface area contributed by atoms with E-state index in [4.69, 9.17) is 9.47 Å². The molecule has 6 nitrogen and oxygen atoms in total. The Balaban J connectivity index is 0.00000225. The van der Waals surface area contributed by atoms with Gasteiger partial charge in [-0.2, -0.15) is 0 Å². The molecule has 2 fully saturated rings. The Hall–Kier alpha value is -0.890. The van der Waals surface area contributed by atoms with E-state index >= 15 is 0 Å². The highest BCUT2D eigenvalue weighted by Gasteiger charge is 2.39. The van der Waals surface area contributed by atoms with Crippen molar-refractivity contribution in [3.05, 3.63) is 35.9 Å². The van der Waals surface area contributed by atoms with Gasteiger partial charge in [0.2, 0.25) is 0 Å². The van der Waals surface area contributed by atoms with Gasteiger partial charge in [0.25, 0.3) is 5.91 Å². The lowest BCUT2D eigenvalue weighted by atomic mass is 9.91. The normalized spacial score (nSPS) is 19.4. The molecule has 0 unspecified atom stereocenters. The second-order valence-corrected chi connectivity index (χ2v) is 7.89. The van der Waals surface area contributed by atoms with Crippen molar-refractivity contribution >= 4 is 30.7 Å². The van der Waals surface area contributed by atoms with Crippen molar-refractivity contribution in [1.82, 2.24) is 15.5 Å². The maximum atomic E-state index is 12.5. The molecule has 0 saturated carbocycles. The molecule has 2 saturated heterocycles. The molecule has 3 rings (SSSR count). The Bertz CT molecular complexity index is 593. The van der Waals surface area contributed by atoms with Crippen molar-refractivity contribution in [3.63, 3.8) is 0 Å². The monoisotopic (exact) mass is 461 g/mol. The molecule has 0 bridgehead atoms. The number of nitrogens with zero attached hydrogens (tertiary/aromatic N) is 1. The molecule has 0 aromatic heterocycles. The van der Waals surface area contributed by atoms with Gasteiger partial charge in [0.05, 0.1) is 6.10 Å². The molecular weight excluding hydrogens is 425 g/mol. The van der Waals surface area contributed by atoms with E-state index in [1.165, 1.54) is 5.56 Å². The Morgan fingerprint density at radius 2 is 1.83 bits per heavy atom. The van der Waals surface area contributed by atoms with Gasteiger partial charge in [0.15, 0.2) is 0 Å². The highest BCUT2D eigenvalue weighted by atomic mass is 35.5. The average Bonchev–Trinajstić information content (AvgIpc) is 2.75. The summed E-state index contributed by atoms with van der Waals surface area (Å²) in [5, 5.41) is 6.31. The number of piperidine rings is 2. The van der Waals surface area contributed by atoms with Crippen LogP contribution in [0.2, 0.25) is 0 Å². The third-order valence-electron chi connectivity index (χ3n) is 5.96. The predicted octanol–water partition coefficient (Wildman–Crippen LogP) is 2.79. The van der Waals surface area contributed by atoms with E-state index in [-0.39, 0.29) is 30.7 Å². The summed E-state index contributed by atoms with van der Waals surface area (Å²) < 4.78 is 11.6. The van der Waals surface area contributed by atoms with Gasteiger partial charge < -0.3 is 20.1 Å². The van der Waals surface area contributed by atoms with Gasteiger partial charge in [-0.25, -0.2) is 0 Å². The zero-order valence-electron chi connectivity index (χ0n) is 17.9. The number of benzene rings is 1. The minimum absolute atomic E-state index is 0. The van der Waals surface area contributed by atoms with Gasteiger partial charge in [-0.15, -0.1) is 24.8 Å². The van der Waals surface area contributed by atoms with Gasteiger partial charge >= 0.3 is 0 Å². The fourth-order valence-electron chi connectivity index (χ4n) is 4.12. The van der Waals surface area contributed by atoms with Crippen LogP contribution in [0.1, 0.15) is 37.7 Å². The number of carbonyl (C=O) groups is 1. The first kappa shape index (κ1) is 27.1. The molecule has 1 amide bonds. The Morgan fingerprint density at radius 3 is 2.47 bits per heavy atom. The first-order valence-electron chi connectivity index (χ1n) is 10.6. The minimum Gasteiger partial charge on any atom is -0.378 e. The lowest BCUT2D eigenvalue weighted by Crippen LogP contribution is -2.54. The highest BCUT2D eigenvalue weighted by Crippen LogP contribution is 2.22. The zero-order valence-corrected chi connectivity index (χ0v) is 19.6. The van der Waals surface area contributed by atoms with Crippen molar-refractivity contribution in [2.45, 2.75) is 50.4 Å². The third-order valence-corrected chi connectivity index (χ3v) is 5.96. The predicted molar refractivity (Wildman–Crippen MR) is 125 cm³/mol. The van der Waals surface area contributed by atoms with E-state index in [0.717, 1.165) is 64.8 Å². The lowest BCUT2D eigenvalue weighted by molar-refractivity contribution is -0.146. The molecule has 1 aromatic rings. The Labute approximate surface area is 193 Å². The number of hydrogen-bond acceptors (Lipinski definition) is 5. The first-order chi connectivity index (χ1) is 13.7. The standard InChI is InChI=1S/C22H35N3O3.2ClH/c1-27-22(10-13-23-14-11-22)21(26)24-12-5-17-28-20-8-15-25(16-9-20)18-19-6-3-2-4-7-19;;/h2-4,6-7,20,23H,5,8-18H2,1H3,(H,24,26);2*1H. The van der Waals surface area contributed by atoms with Crippen LogP contribution >= 0.6 is 24.8 Å². The molecule has 0 radical (unpaired) electrons. The van der Waals surface area contributed by atoms with Crippen LogP contribution < -0.4 is 10.6 Å². The number of halogens is 2. The summed E-state index contributed by atoms with van der Waals surface area (Å²) in [6.45, 7) is 6.19. The number of methoxy groups -OCH3 is 1. The maximum absolute atomic E-state index is 12.5. The summed E-state index contributed by atoms with van der Waals surface area (Å²) in [4.78, 5) is 15.0. The molecule has 172 valence electrons. The number of amides is 1. The van der Waals surface area contributed by atoms with Crippen molar-refractivity contribution in [3.8, 4) is 0 Å². The van der Waals surface area contributed by atoms with E-state index in [1.807, 2.05) is 0 Å².